The van der Waals surface area contributed by atoms with Crippen molar-refractivity contribution < 1.29 is 10.2 Å². The van der Waals surface area contributed by atoms with Gasteiger partial charge in [-0.1, -0.05) is 19.3 Å². The number of nitrogens with one attached hydrogen (secondary N) is 1. The molecule has 0 amide bonds. The van der Waals surface area contributed by atoms with Crippen molar-refractivity contribution in [2.45, 2.75) is 61.2 Å². The Morgan fingerprint density at radius 3 is 2.64 bits per heavy atom. The molecule has 1 aromatic rings. The second kappa shape index (κ2) is 6.60. The molecular weight excluding hydrogens is 304 g/mol. The average Bonchev–Trinajstić information content (AvgIpc) is 2.89. The monoisotopic (exact) mass is 326 g/mol. The number of H-pyrrole nitrogens is 1. The second-order valence-electron chi connectivity index (χ2n) is 6.20. The van der Waals surface area contributed by atoms with E-state index in [4.69, 9.17) is 0 Å². The van der Waals surface area contributed by atoms with Gasteiger partial charge >= 0.3 is 5.69 Å². The van der Waals surface area contributed by atoms with Crippen LogP contribution in [0.2, 0.25) is 0 Å². The summed E-state index contributed by atoms with van der Waals surface area (Å²) in [6.07, 6.45) is 6.88. The highest BCUT2D eigenvalue weighted by Crippen LogP contribution is 2.41. The summed E-state index contributed by atoms with van der Waals surface area (Å²) in [7, 11) is 0. The molecule has 3 N–H and O–H groups in total. The highest BCUT2D eigenvalue weighted by atomic mass is 32.2. The quantitative estimate of drug-likeness (QED) is 0.768. The summed E-state index contributed by atoms with van der Waals surface area (Å²) in [5.41, 5.74) is -0.0370. The fourth-order valence-corrected chi connectivity index (χ4v) is 4.85. The normalized spacial score (nSPS) is 29.8. The predicted octanol–water partition coefficient (Wildman–Crippen LogP) is 0.942. The Kier molecular flexibility index (Phi) is 4.75. The van der Waals surface area contributed by atoms with Gasteiger partial charge in [-0.15, -0.1) is 11.8 Å². The smallest absolute Gasteiger partial charge is 0.329 e. The van der Waals surface area contributed by atoms with Crippen LogP contribution in [0.5, 0.6) is 0 Å². The zero-order chi connectivity index (χ0) is 15.7. The van der Waals surface area contributed by atoms with Crippen LogP contribution in [-0.4, -0.2) is 37.7 Å². The number of aliphatic hydroxyl groups excluding tert-OH is 2. The molecule has 1 aromatic heterocycles. The van der Waals surface area contributed by atoms with Crippen molar-refractivity contribution in [3.63, 3.8) is 0 Å². The molecule has 3 rings (SSSR count). The van der Waals surface area contributed by atoms with Gasteiger partial charge < -0.3 is 10.2 Å². The van der Waals surface area contributed by atoms with Gasteiger partial charge in [0.25, 0.3) is 5.56 Å². The molecular formula is C15H22N2O4S. The molecule has 2 fully saturated rings. The highest BCUT2D eigenvalue weighted by molar-refractivity contribution is 8.00. The lowest BCUT2D eigenvalue weighted by Gasteiger charge is -2.22. The predicted molar refractivity (Wildman–Crippen MR) is 85.3 cm³/mol. The van der Waals surface area contributed by atoms with E-state index in [2.05, 4.69) is 4.98 Å². The van der Waals surface area contributed by atoms with Gasteiger partial charge in [0.05, 0.1) is 23.3 Å². The second-order valence-corrected chi connectivity index (χ2v) is 7.62. The van der Waals surface area contributed by atoms with Gasteiger partial charge in [-0.05, 0) is 18.8 Å². The molecule has 2 aliphatic rings. The fourth-order valence-electron chi connectivity index (χ4n) is 3.47. The number of thioether (sulfide) groups is 1. The van der Waals surface area contributed by atoms with E-state index in [1.54, 1.807) is 6.20 Å². The van der Waals surface area contributed by atoms with Crippen molar-refractivity contribution in [1.82, 2.24) is 9.55 Å². The summed E-state index contributed by atoms with van der Waals surface area (Å²) in [6.45, 7) is -0.115. The van der Waals surface area contributed by atoms with Crippen LogP contribution in [0.1, 0.15) is 55.4 Å². The minimum atomic E-state index is -0.628. The number of rotatable bonds is 3. The van der Waals surface area contributed by atoms with Crippen molar-refractivity contribution >= 4 is 11.8 Å². The maximum Gasteiger partial charge on any atom is 0.329 e. The van der Waals surface area contributed by atoms with Crippen LogP contribution in [0.25, 0.3) is 0 Å². The zero-order valence-corrected chi connectivity index (χ0v) is 13.2. The molecule has 0 radical (unpaired) electrons. The van der Waals surface area contributed by atoms with E-state index >= 15 is 0 Å². The van der Waals surface area contributed by atoms with Gasteiger partial charge in [-0.25, -0.2) is 4.79 Å². The Bertz CT molecular complexity index is 635. The van der Waals surface area contributed by atoms with E-state index in [1.165, 1.54) is 22.7 Å². The Balaban J connectivity index is 1.91. The summed E-state index contributed by atoms with van der Waals surface area (Å²) < 4.78 is 1.52. The lowest BCUT2D eigenvalue weighted by Crippen LogP contribution is -2.34. The van der Waals surface area contributed by atoms with Gasteiger partial charge in [-0.3, -0.25) is 14.3 Å². The first-order chi connectivity index (χ1) is 10.6. The Morgan fingerprint density at radius 1 is 1.27 bits per heavy atom. The fraction of sp³-hybridized carbons (Fsp3) is 0.733. The molecule has 0 unspecified atom stereocenters. The maximum absolute atomic E-state index is 12.1. The molecule has 1 saturated heterocycles. The van der Waals surface area contributed by atoms with Gasteiger partial charge in [0, 0.05) is 18.2 Å². The van der Waals surface area contributed by atoms with Crippen LogP contribution in [-0.2, 0) is 0 Å². The first kappa shape index (κ1) is 15.8. The summed E-state index contributed by atoms with van der Waals surface area (Å²) in [5.74, 6) is 0.217. The molecule has 22 heavy (non-hydrogen) atoms. The first-order valence-electron chi connectivity index (χ1n) is 7.90. The SMILES string of the molecule is O=c1[nH]c(=O)n([C@H]2C[C@H](O)[C@@H](CO)S2)cc1C1CCCCC1. The molecule has 2 heterocycles. The van der Waals surface area contributed by atoms with Gasteiger partial charge in [0.1, 0.15) is 0 Å². The van der Waals surface area contributed by atoms with Crippen LogP contribution in [0.15, 0.2) is 15.8 Å². The third kappa shape index (κ3) is 3.02. The van der Waals surface area contributed by atoms with E-state index < -0.39 is 11.8 Å². The van der Waals surface area contributed by atoms with Gasteiger partial charge in [-0.2, -0.15) is 0 Å². The number of hydrogen-bond donors (Lipinski definition) is 3. The third-order valence-electron chi connectivity index (χ3n) is 4.73. The van der Waals surface area contributed by atoms with Crippen molar-refractivity contribution in [1.29, 1.82) is 0 Å². The molecule has 122 valence electrons. The average molecular weight is 326 g/mol. The first-order valence-corrected chi connectivity index (χ1v) is 8.84. The molecule has 0 bridgehead atoms. The summed E-state index contributed by atoms with van der Waals surface area (Å²) in [6, 6.07) is 0. The van der Waals surface area contributed by atoms with Crippen LogP contribution in [0.4, 0.5) is 0 Å². The minimum Gasteiger partial charge on any atom is -0.395 e. The molecule has 3 atom stereocenters. The molecule has 7 heteroatoms. The van der Waals surface area contributed by atoms with Gasteiger partial charge in [0.2, 0.25) is 0 Å². The molecule has 0 aromatic carbocycles. The summed E-state index contributed by atoms with van der Waals surface area (Å²) in [5, 5.41) is 18.6. The van der Waals surface area contributed by atoms with E-state index in [0.29, 0.717) is 12.0 Å². The third-order valence-corrected chi connectivity index (χ3v) is 6.28. The van der Waals surface area contributed by atoms with Crippen molar-refractivity contribution in [3.8, 4) is 0 Å². The van der Waals surface area contributed by atoms with E-state index in [0.717, 1.165) is 25.7 Å². The summed E-state index contributed by atoms with van der Waals surface area (Å²) in [4.78, 5) is 26.7. The number of aromatic nitrogens is 2. The number of hydrogen-bond acceptors (Lipinski definition) is 5. The van der Waals surface area contributed by atoms with Crippen LogP contribution in [0, 0.1) is 0 Å². The largest absolute Gasteiger partial charge is 0.395 e. The van der Waals surface area contributed by atoms with E-state index in [-0.39, 0.29) is 28.7 Å². The Labute approximate surface area is 132 Å². The Morgan fingerprint density at radius 2 is 2.00 bits per heavy atom. The minimum absolute atomic E-state index is 0.115. The topological polar surface area (TPSA) is 95.3 Å². The molecule has 0 spiro atoms. The van der Waals surface area contributed by atoms with Crippen LogP contribution in [0.3, 0.4) is 0 Å². The number of aliphatic hydroxyl groups is 2. The van der Waals surface area contributed by atoms with Crippen molar-refractivity contribution in [2.75, 3.05) is 6.61 Å². The molecule has 1 saturated carbocycles. The molecule has 1 aliphatic heterocycles. The standard InChI is InChI=1S/C15H22N2O4S/c18-8-12-11(19)6-13(22-12)17-7-10(14(20)16-15(17)21)9-4-2-1-3-5-9/h7,9,11-13,18-19H,1-6,8H2,(H,16,20,21)/t11-,12+,13+/m0/s1. The summed E-state index contributed by atoms with van der Waals surface area (Å²) >= 11 is 1.39. The molecule has 1 aliphatic carbocycles. The van der Waals surface area contributed by atoms with E-state index in [1.807, 2.05) is 0 Å². The molecule has 6 nitrogen and oxygen atoms in total. The van der Waals surface area contributed by atoms with Crippen molar-refractivity contribution in [2.24, 2.45) is 0 Å². The maximum atomic E-state index is 12.1. The number of aromatic amines is 1. The van der Waals surface area contributed by atoms with Crippen LogP contribution >= 0.6 is 11.8 Å². The lowest BCUT2D eigenvalue weighted by molar-refractivity contribution is 0.137. The van der Waals surface area contributed by atoms with E-state index in [9.17, 15) is 19.8 Å². The van der Waals surface area contributed by atoms with Crippen LogP contribution < -0.4 is 11.2 Å². The number of nitrogens with zero attached hydrogens (tertiary/aromatic N) is 1. The highest BCUT2D eigenvalue weighted by Gasteiger charge is 2.35. The lowest BCUT2D eigenvalue weighted by atomic mass is 9.85. The Hall–Kier alpha value is -1.05. The zero-order valence-electron chi connectivity index (χ0n) is 12.4. The van der Waals surface area contributed by atoms with Gasteiger partial charge in [0.15, 0.2) is 0 Å². The van der Waals surface area contributed by atoms with Crippen molar-refractivity contribution in [3.05, 3.63) is 32.6 Å².